The van der Waals surface area contributed by atoms with Crippen LogP contribution >= 0.6 is 0 Å². The Hall–Kier alpha value is -3.46. The monoisotopic (exact) mass is 621 g/mol. The average Bonchev–Trinajstić information content (AvgIpc) is 3.63. The van der Waals surface area contributed by atoms with Crippen molar-refractivity contribution < 1.29 is 28.6 Å². The second kappa shape index (κ2) is 14.8. The Balaban J connectivity index is 1.47. The molecule has 3 heterocycles. The summed E-state index contributed by atoms with van der Waals surface area (Å²) >= 11 is 0. The first-order valence-electron chi connectivity index (χ1n) is 16.8. The first-order chi connectivity index (χ1) is 21.7. The maximum atomic E-state index is 14.4. The Labute approximate surface area is 266 Å². The third-order valence-electron chi connectivity index (χ3n) is 9.93. The molecular weight excluding hydrogens is 573 g/mol. The number of carbonyl (C=O) groups excluding carboxylic acids is 2. The van der Waals surface area contributed by atoms with Gasteiger partial charge in [-0.05, 0) is 80.0 Å². The fourth-order valence-electron chi connectivity index (χ4n) is 7.67. The summed E-state index contributed by atoms with van der Waals surface area (Å²) in [6, 6.07) is 10.3. The number of carbonyl (C=O) groups is 3. The number of benzene rings is 2. The summed E-state index contributed by atoms with van der Waals surface area (Å²) < 4.78 is 20.0. The lowest BCUT2D eigenvalue weighted by Gasteiger charge is -2.35. The number of carboxylic acid groups (broad SMARTS) is 1. The number of aryl methyl sites for hydroxylation is 1. The van der Waals surface area contributed by atoms with E-state index < -0.39 is 17.9 Å². The predicted octanol–water partition coefficient (Wildman–Crippen LogP) is 5.94. The van der Waals surface area contributed by atoms with Crippen LogP contribution in [0.1, 0.15) is 87.8 Å². The number of amides is 2. The zero-order chi connectivity index (χ0) is 32.1. The standard InChI is InChI=1S/C36H48FN3O5/c1-4-8-27(9-5-2)40(28-12-13-30(37)24(3)20-28)34(42)23-39-22-29(25-11-14-32-26(21-25)16-19-45-32)35(36(43)44)31(39)15-18-38-17-7-6-10-33(38)41/h11-14,20-21,27,29,31,35H,4-10,15-19,22-23H2,1-3H3,(H,43,44)/t29-,31?,35-/m1/s1. The van der Waals surface area contributed by atoms with E-state index in [1.54, 1.807) is 19.1 Å². The summed E-state index contributed by atoms with van der Waals surface area (Å²) in [5.74, 6) is -1.40. The quantitative estimate of drug-likeness (QED) is 0.298. The lowest BCUT2D eigenvalue weighted by Crippen LogP contribution is -2.49. The second-order valence-corrected chi connectivity index (χ2v) is 13.0. The van der Waals surface area contributed by atoms with Crippen molar-refractivity contribution >= 4 is 23.5 Å². The Morgan fingerprint density at radius 3 is 2.56 bits per heavy atom. The molecule has 2 fully saturated rings. The number of carboxylic acids is 1. The van der Waals surface area contributed by atoms with Gasteiger partial charge in [0.05, 0.1) is 19.1 Å². The van der Waals surface area contributed by atoms with Crippen LogP contribution < -0.4 is 9.64 Å². The maximum absolute atomic E-state index is 14.4. The molecule has 2 aromatic carbocycles. The van der Waals surface area contributed by atoms with Gasteiger partial charge in [-0.2, -0.15) is 0 Å². The van der Waals surface area contributed by atoms with E-state index in [-0.39, 0.29) is 36.1 Å². The Morgan fingerprint density at radius 2 is 1.87 bits per heavy atom. The summed E-state index contributed by atoms with van der Waals surface area (Å²) in [5.41, 5.74) is 3.18. The van der Waals surface area contributed by atoms with E-state index in [1.807, 2.05) is 26.8 Å². The van der Waals surface area contributed by atoms with Gasteiger partial charge >= 0.3 is 5.97 Å². The Bertz CT molecular complexity index is 1380. The number of ether oxygens (including phenoxy) is 1. The smallest absolute Gasteiger partial charge is 0.308 e. The van der Waals surface area contributed by atoms with Crippen LogP contribution in [0.15, 0.2) is 36.4 Å². The molecule has 2 aromatic rings. The molecule has 0 aromatic heterocycles. The highest BCUT2D eigenvalue weighted by Crippen LogP contribution is 2.41. The highest BCUT2D eigenvalue weighted by molar-refractivity contribution is 5.95. The van der Waals surface area contributed by atoms with Gasteiger partial charge in [-0.15, -0.1) is 0 Å². The topological polar surface area (TPSA) is 90.4 Å². The van der Waals surface area contributed by atoms with Crippen LogP contribution in [0.4, 0.5) is 10.1 Å². The molecule has 0 saturated carbocycles. The van der Waals surface area contributed by atoms with Crippen molar-refractivity contribution in [3.05, 3.63) is 58.9 Å². The summed E-state index contributed by atoms with van der Waals surface area (Å²) in [6.45, 7) is 8.15. The number of nitrogens with zero attached hydrogens (tertiary/aromatic N) is 3. The number of rotatable bonds is 13. The molecule has 3 aliphatic heterocycles. The predicted molar refractivity (Wildman–Crippen MR) is 172 cm³/mol. The van der Waals surface area contributed by atoms with Crippen molar-refractivity contribution in [2.45, 2.75) is 96.6 Å². The molecule has 3 atom stereocenters. The molecule has 2 amide bonds. The van der Waals surface area contributed by atoms with E-state index in [1.165, 1.54) is 6.07 Å². The molecule has 3 aliphatic rings. The van der Waals surface area contributed by atoms with Gasteiger partial charge in [0.25, 0.3) is 0 Å². The van der Waals surface area contributed by atoms with E-state index in [0.717, 1.165) is 61.8 Å². The minimum Gasteiger partial charge on any atom is -0.493 e. The minimum atomic E-state index is -0.887. The first-order valence-corrected chi connectivity index (χ1v) is 16.8. The fraction of sp³-hybridized carbons (Fsp3) is 0.583. The van der Waals surface area contributed by atoms with Crippen LogP contribution in [0.5, 0.6) is 5.75 Å². The number of hydrogen-bond donors (Lipinski definition) is 1. The van der Waals surface area contributed by atoms with Crippen molar-refractivity contribution in [2.24, 2.45) is 5.92 Å². The molecule has 9 heteroatoms. The Kier molecular flexibility index (Phi) is 10.8. The molecule has 0 aliphatic carbocycles. The van der Waals surface area contributed by atoms with Gasteiger partial charge in [0.2, 0.25) is 11.8 Å². The summed E-state index contributed by atoms with van der Waals surface area (Å²) in [7, 11) is 0. The van der Waals surface area contributed by atoms with Crippen molar-refractivity contribution in [1.29, 1.82) is 0 Å². The molecule has 0 spiro atoms. The van der Waals surface area contributed by atoms with E-state index in [9.17, 15) is 23.9 Å². The number of anilines is 1. The molecule has 2 saturated heterocycles. The number of likely N-dealkylation sites (tertiary alicyclic amines) is 2. The Morgan fingerprint density at radius 1 is 1.09 bits per heavy atom. The van der Waals surface area contributed by atoms with Crippen LogP contribution in [0.2, 0.25) is 0 Å². The summed E-state index contributed by atoms with van der Waals surface area (Å²) in [4.78, 5) is 45.8. The molecule has 1 N–H and O–H groups in total. The molecule has 244 valence electrons. The zero-order valence-corrected chi connectivity index (χ0v) is 27.0. The number of aliphatic carboxylic acids is 1. The third kappa shape index (κ3) is 7.35. The molecular formula is C36H48FN3O5. The number of piperidine rings is 1. The van der Waals surface area contributed by atoms with Gasteiger partial charge in [-0.1, -0.05) is 38.8 Å². The molecule has 0 radical (unpaired) electrons. The van der Waals surface area contributed by atoms with Gasteiger partial charge in [0.15, 0.2) is 0 Å². The normalized spacial score (nSPS) is 21.7. The average molecular weight is 622 g/mol. The van der Waals surface area contributed by atoms with E-state index in [4.69, 9.17) is 4.74 Å². The highest BCUT2D eigenvalue weighted by Gasteiger charge is 2.47. The second-order valence-electron chi connectivity index (χ2n) is 13.0. The maximum Gasteiger partial charge on any atom is 0.308 e. The van der Waals surface area contributed by atoms with Crippen molar-refractivity contribution in [2.75, 3.05) is 37.7 Å². The zero-order valence-electron chi connectivity index (χ0n) is 27.0. The van der Waals surface area contributed by atoms with Crippen LogP contribution in [-0.4, -0.2) is 77.6 Å². The van der Waals surface area contributed by atoms with Gasteiger partial charge in [0, 0.05) is 56.2 Å². The SMILES string of the molecule is CCCC(CCC)N(C(=O)CN1C[C@H](c2ccc3c(c2)CCO3)[C@@H](C(=O)O)C1CCN1CCCCC1=O)c1ccc(F)c(C)c1. The highest BCUT2D eigenvalue weighted by atomic mass is 19.1. The first kappa shape index (κ1) is 32.9. The van der Waals surface area contributed by atoms with Gasteiger partial charge < -0.3 is 19.6 Å². The van der Waals surface area contributed by atoms with E-state index in [0.29, 0.717) is 50.3 Å². The lowest BCUT2D eigenvalue weighted by atomic mass is 9.83. The van der Waals surface area contributed by atoms with Crippen molar-refractivity contribution in [3.63, 3.8) is 0 Å². The number of hydrogen-bond acceptors (Lipinski definition) is 5. The van der Waals surface area contributed by atoms with Gasteiger partial charge in [0.1, 0.15) is 11.6 Å². The van der Waals surface area contributed by atoms with Crippen LogP contribution in [-0.2, 0) is 20.8 Å². The lowest BCUT2D eigenvalue weighted by molar-refractivity contribution is -0.143. The van der Waals surface area contributed by atoms with Crippen LogP contribution in [0.25, 0.3) is 0 Å². The largest absolute Gasteiger partial charge is 0.493 e. The van der Waals surface area contributed by atoms with E-state index in [2.05, 4.69) is 19.9 Å². The third-order valence-corrected chi connectivity index (χ3v) is 9.93. The van der Waals surface area contributed by atoms with Crippen molar-refractivity contribution in [3.8, 4) is 5.75 Å². The summed E-state index contributed by atoms with van der Waals surface area (Å²) in [6.07, 6.45) is 7.05. The van der Waals surface area contributed by atoms with Crippen molar-refractivity contribution in [1.82, 2.24) is 9.80 Å². The van der Waals surface area contributed by atoms with Gasteiger partial charge in [-0.3, -0.25) is 19.3 Å². The van der Waals surface area contributed by atoms with Crippen LogP contribution in [0.3, 0.4) is 0 Å². The fourth-order valence-corrected chi connectivity index (χ4v) is 7.67. The van der Waals surface area contributed by atoms with Crippen LogP contribution in [0, 0.1) is 18.7 Å². The molecule has 45 heavy (non-hydrogen) atoms. The minimum absolute atomic E-state index is 0.0489. The number of fused-ring (bicyclic) bond motifs is 1. The van der Waals surface area contributed by atoms with Gasteiger partial charge in [-0.25, -0.2) is 4.39 Å². The molecule has 0 bridgehead atoms. The summed E-state index contributed by atoms with van der Waals surface area (Å²) in [5, 5.41) is 10.7. The number of halogens is 1. The molecule has 5 rings (SSSR count). The molecule has 1 unspecified atom stereocenters. The molecule has 8 nitrogen and oxygen atoms in total. The van der Waals surface area contributed by atoms with E-state index >= 15 is 0 Å².